The van der Waals surface area contributed by atoms with Crippen LogP contribution in [0.4, 0.5) is 5.69 Å². The topological polar surface area (TPSA) is 103 Å². The minimum Gasteiger partial charge on any atom is -0.376 e. The Morgan fingerprint density at radius 2 is 1.97 bits per heavy atom. The highest BCUT2D eigenvalue weighted by Gasteiger charge is 2.21. The fourth-order valence-electron chi connectivity index (χ4n) is 3.60. The molecule has 1 aliphatic heterocycles. The SMILES string of the molecule is CC(=NCC1CCCO1)c1c(-c2ccccc2)[nH]n(-c2ccc([N+](=O)[O-])cc2)c1=O. The van der Waals surface area contributed by atoms with Gasteiger partial charge in [0, 0.05) is 30.0 Å². The number of ether oxygens (including phenoxy) is 1. The monoisotopic (exact) mass is 406 g/mol. The predicted molar refractivity (Wildman–Crippen MR) is 115 cm³/mol. The molecule has 1 N–H and O–H groups in total. The molecule has 0 aliphatic carbocycles. The Hall–Kier alpha value is -3.52. The van der Waals surface area contributed by atoms with Crippen molar-refractivity contribution in [2.45, 2.75) is 25.9 Å². The lowest BCUT2D eigenvalue weighted by molar-refractivity contribution is -0.384. The molecule has 4 rings (SSSR count). The van der Waals surface area contributed by atoms with Gasteiger partial charge in [0.25, 0.3) is 11.2 Å². The van der Waals surface area contributed by atoms with Crippen LogP contribution in [0.2, 0.25) is 0 Å². The lowest BCUT2D eigenvalue weighted by Crippen LogP contribution is -2.20. The predicted octanol–water partition coefficient (Wildman–Crippen LogP) is 3.73. The van der Waals surface area contributed by atoms with Gasteiger partial charge in [-0.15, -0.1) is 0 Å². The summed E-state index contributed by atoms with van der Waals surface area (Å²) in [4.78, 5) is 28.4. The second-order valence-corrected chi connectivity index (χ2v) is 7.20. The van der Waals surface area contributed by atoms with E-state index in [1.54, 1.807) is 12.1 Å². The van der Waals surface area contributed by atoms with Crippen molar-refractivity contribution in [2.24, 2.45) is 4.99 Å². The van der Waals surface area contributed by atoms with Crippen LogP contribution in [-0.4, -0.2) is 39.7 Å². The maximum absolute atomic E-state index is 13.3. The normalized spacial score (nSPS) is 16.7. The number of nitrogens with zero attached hydrogens (tertiary/aromatic N) is 3. The third-order valence-corrected chi connectivity index (χ3v) is 5.19. The summed E-state index contributed by atoms with van der Waals surface area (Å²) in [6.45, 7) is 3.10. The van der Waals surface area contributed by atoms with Crippen molar-refractivity contribution in [3.63, 3.8) is 0 Å². The number of non-ortho nitro benzene ring substituents is 1. The van der Waals surface area contributed by atoms with E-state index in [0.29, 0.717) is 29.2 Å². The first-order valence-electron chi connectivity index (χ1n) is 9.83. The summed E-state index contributed by atoms with van der Waals surface area (Å²) < 4.78 is 7.03. The summed E-state index contributed by atoms with van der Waals surface area (Å²) in [5, 5.41) is 14.1. The van der Waals surface area contributed by atoms with Gasteiger partial charge in [-0.05, 0) is 31.9 Å². The maximum Gasteiger partial charge on any atom is 0.280 e. The van der Waals surface area contributed by atoms with E-state index in [9.17, 15) is 14.9 Å². The zero-order chi connectivity index (χ0) is 21.1. The molecule has 1 unspecified atom stereocenters. The highest BCUT2D eigenvalue weighted by Crippen LogP contribution is 2.22. The van der Waals surface area contributed by atoms with Crippen molar-refractivity contribution < 1.29 is 9.66 Å². The molecular formula is C22H22N4O4. The summed E-state index contributed by atoms with van der Waals surface area (Å²) in [7, 11) is 0. The standard InChI is InChI=1S/C22H22N4O4/c1-15(23-14-19-8-5-13-30-19)20-21(16-6-3-2-4-7-16)24-25(22(20)27)17-9-11-18(12-10-17)26(28)29/h2-4,6-7,9-12,19,24H,5,8,13-14H2,1H3. The van der Waals surface area contributed by atoms with Crippen LogP contribution in [0, 0.1) is 10.1 Å². The van der Waals surface area contributed by atoms with Crippen molar-refractivity contribution in [2.75, 3.05) is 13.2 Å². The van der Waals surface area contributed by atoms with Crippen LogP contribution < -0.4 is 5.56 Å². The molecule has 154 valence electrons. The molecule has 1 saturated heterocycles. The summed E-state index contributed by atoms with van der Waals surface area (Å²) in [6, 6.07) is 15.4. The third kappa shape index (κ3) is 3.95. The molecule has 2 aromatic carbocycles. The summed E-state index contributed by atoms with van der Waals surface area (Å²) >= 11 is 0. The first-order valence-corrected chi connectivity index (χ1v) is 9.83. The lowest BCUT2D eigenvalue weighted by atomic mass is 10.1. The zero-order valence-corrected chi connectivity index (χ0v) is 16.6. The van der Waals surface area contributed by atoms with E-state index in [-0.39, 0.29) is 17.4 Å². The van der Waals surface area contributed by atoms with E-state index in [1.165, 1.54) is 16.8 Å². The van der Waals surface area contributed by atoms with Crippen LogP contribution in [0.5, 0.6) is 0 Å². The number of aromatic nitrogens is 2. The smallest absolute Gasteiger partial charge is 0.280 e. The van der Waals surface area contributed by atoms with E-state index in [1.807, 2.05) is 37.3 Å². The van der Waals surface area contributed by atoms with Crippen molar-refractivity contribution in [1.29, 1.82) is 0 Å². The molecule has 1 aliphatic rings. The maximum atomic E-state index is 13.3. The zero-order valence-electron chi connectivity index (χ0n) is 16.6. The number of rotatable bonds is 6. The van der Waals surface area contributed by atoms with Crippen molar-refractivity contribution >= 4 is 11.4 Å². The molecule has 8 heteroatoms. The molecule has 1 atom stereocenters. The number of benzene rings is 2. The summed E-state index contributed by atoms with van der Waals surface area (Å²) in [6.07, 6.45) is 2.10. The molecule has 0 spiro atoms. The van der Waals surface area contributed by atoms with Crippen LogP contribution in [0.15, 0.2) is 64.4 Å². The lowest BCUT2D eigenvalue weighted by Gasteiger charge is -2.07. The van der Waals surface area contributed by atoms with Gasteiger partial charge < -0.3 is 4.74 Å². The van der Waals surface area contributed by atoms with Crippen LogP contribution in [-0.2, 0) is 4.74 Å². The van der Waals surface area contributed by atoms with Crippen LogP contribution in [0.25, 0.3) is 16.9 Å². The largest absolute Gasteiger partial charge is 0.376 e. The number of nitro benzene ring substituents is 1. The summed E-state index contributed by atoms with van der Waals surface area (Å²) in [5.74, 6) is 0. The Morgan fingerprint density at radius 1 is 1.23 bits per heavy atom. The van der Waals surface area contributed by atoms with E-state index < -0.39 is 4.92 Å². The summed E-state index contributed by atoms with van der Waals surface area (Å²) in [5.41, 5.74) is 2.86. The van der Waals surface area contributed by atoms with Gasteiger partial charge >= 0.3 is 0 Å². The quantitative estimate of drug-likeness (QED) is 0.383. The first-order chi connectivity index (χ1) is 14.5. The van der Waals surface area contributed by atoms with Crippen molar-refractivity contribution in [3.05, 3.63) is 80.6 Å². The highest BCUT2D eigenvalue weighted by atomic mass is 16.6. The average Bonchev–Trinajstić information content (AvgIpc) is 3.40. The van der Waals surface area contributed by atoms with Crippen LogP contribution in [0.1, 0.15) is 25.3 Å². The Bertz CT molecular complexity index is 1120. The Labute approximate surface area is 173 Å². The van der Waals surface area contributed by atoms with E-state index in [0.717, 1.165) is 25.0 Å². The molecule has 30 heavy (non-hydrogen) atoms. The highest BCUT2D eigenvalue weighted by molar-refractivity contribution is 6.03. The van der Waals surface area contributed by atoms with Gasteiger partial charge in [0.1, 0.15) is 0 Å². The molecular weight excluding hydrogens is 384 g/mol. The number of nitrogens with one attached hydrogen (secondary N) is 1. The molecule has 1 fully saturated rings. The molecule has 0 saturated carbocycles. The van der Waals surface area contributed by atoms with E-state index >= 15 is 0 Å². The van der Waals surface area contributed by atoms with Gasteiger partial charge in [-0.2, -0.15) is 0 Å². The van der Waals surface area contributed by atoms with Gasteiger partial charge in [-0.25, -0.2) is 4.68 Å². The van der Waals surface area contributed by atoms with Gasteiger partial charge in [-0.1, -0.05) is 30.3 Å². The molecule has 0 radical (unpaired) electrons. The molecule has 1 aromatic heterocycles. The first kappa shape index (κ1) is 19.8. The molecule has 0 bridgehead atoms. The van der Waals surface area contributed by atoms with Gasteiger partial charge in [0.2, 0.25) is 0 Å². The van der Waals surface area contributed by atoms with Gasteiger partial charge in [-0.3, -0.25) is 25.0 Å². The second kappa shape index (κ2) is 8.46. The van der Waals surface area contributed by atoms with Crippen molar-refractivity contribution in [1.82, 2.24) is 9.78 Å². The fraction of sp³-hybridized carbons (Fsp3) is 0.273. The average molecular weight is 406 g/mol. The van der Waals surface area contributed by atoms with Crippen LogP contribution in [0.3, 0.4) is 0 Å². The number of H-pyrrole nitrogens is 1. The number of aliphatic imine (C=N–C) groups is 1. The minimum absolute atomic E-state index is 0.0313. The molecule has 3 aromatic rings. The number of hydrogen-bond acceptors (Lipinski definition) is 5. The molecule has 0 amide bonds. The Balaban J connectivity index is 1.78. The molecule has 8 nitrogen and oxygen atoms in total. The Morgan fingerprint density at radius 3 is 2.60 bits per heavy atom. The van der Waals surface area contributed by atoms with Gasteiger partial charge in [0.05, 0.1) is 34.5 Å². The number of hydrogen-bond donors (Lipinski definition) is 1. The third-order valence-electron chi connectivity index (χ3n) is 5.19. The number of aromatic amines is 1. The van der Waals surface area contributed by atoms with Crippen molar-refractivity contribution in [3.8, 4) is 16.9 Å². The van der Waals surface area contributed by atoms with Crippen LogP contribution >= 0.6 is 0 Å². The Kier molecular flexibility index (Phi) is 5.58. The molecule has 2 heterocycles. The second-order valence-electron chi connectivity index (χ2n) is 7.20. The van der Waals surface area contributed by atoms with E-state index in [4.69, 9.17) is 4.74 Å². The van der Waals surface area contributed by atoms with E-state index in [2.05, 4.69) is 10.1 Å². The van der Waals surface area contributed by atoms with Gasteiger partial charge in [0.15, 0.2) is 0 Å². The fourth-order valence-corrected chi connectivity index (χ4v) is 3.60. The number of nitro groups is 1. The minimum atomic E-state index is -0.468.